The third-order valence-corrected chi connectivity index (χ3v) is 2.58. The van der Waals surface area contributed by atoms with Gasteiger partial charge in [-0.3, -0.25) is 0 Å². The smallest absolute Gasteiger partial charge is 0.408 e. The molecule has 116 valence electrons. The highest BCUT2D eigenvalue weighted by atomic mass is 16.5. The number of esters is 1. The van der Waals surface area contributed by atoms with Crippen LogP contribution in [0.3, 0.4) is 0 Å². The second-order valence-electron chi connectivity index (χ2n) is 3.88. The van der Waals surface area contributed by atoms with Crippen LogP contribution >= 0.6 is 0 Å². The van der Waals surface area contributed by atoms with E-state index in [-0.39, 0.29) is 29.2 Å². The molecule has 0 atom stereocenters. The van der Waals surface area contributed by atoms with E-state index in [1.165, 1.54) is 32.4 Å². The summed E-state index contributed by atoms with van der Waals surface area (Å²) < 4.78 is 20.3. The van der Waals surface area contributed by atoms with Gasteiger partial charge < -0.3 is 24.2 Å². The summed E-state index contributed by atoms with van der Waals surface area (Å²) in [5.41, 5.74) is -0.324. The number of methoxy groups -OCH3 is 3. The number of carbonyl (C=O) groups is 1. The predicted octanol–water partition coefficient (Wildman–Crippen LogP) is 0.706. The Labute approximate surface area is 125 Å². The molecule has 2 aromatic heterocycles. The molecular weight excluding hydrogens is 294 g/mol. The molecule has 0 spiro atoms. The maximum atomic E-state index is 11.7. The van der Waals surface area contributed by atoms with Gasteiger partial charge in [-0.25, -0.2) is 4.79 Å². The molecule has 0 aliphatic carbocycles. The van der Waals surface area contributed by atoms with Crippen LogP contribution in [0.5, 0.6) is 23.5 Å². The quantitative estimate of drug-likeness (QED) is 0.451. The molecule has 2 heterocycles. The molecule has 0 fully saturated rings. The molecule has 9 nitrogen and oxygen atoms in total. The van der Waals surface area contributed by atoms with E-state index in [4.69, 9.17) is 14.2 Å². The van der Waals surface area contributed by atoms with E-state index in [9.17, 15) is 10.0 Å². The van der Waals surface area contributed by atoms with Crippen molar-refractivity contribution in [2.24, 2.45) is 0 Å². The number of hydrogen-bond acceptors (Lipinski definition) is 8. The van der Waals surface area contributed by atoms with Crippen molar-refractivity contribution in [2.45, 2.75) is 0 Å². The van der Waals surface area contributed by atoms with Crippen LogP contribution in [0.15, 0.2) is 24.4 Å². The summed E-state index contributed by atoms with van der Waals surface area (Å²) in [6.07, 6.45) is 1.14. The molecule has 2 aromatic rings. The lowest BCUT2D eigenvalue weighted by molar-refractivity contribution is -0.608. The molecule has 0 unspecified atom stereocenters. The molecule has 0 amide bonds. The summed E-state index contributed by atoms with van der Waals surface area (Å²) in [5.74, 6) is -0.500. The largest absolute Gasteiger partial charge is 0.618 e. The minimum Gasteiger partial charge on any atom is -0.618 e. The molecule has 0 aliphatic heterocycles. The van der Waals surface area contributed by atoms with Gasteiger partial charge in [0.15, 0.2) is 6.20 Å². The van der Waals surface area contributed by atoms with E-state index in [1.54, 1.807) is 0 Å². The van der Waals surface area contributed by atoms with Gasteiger partial charge in [-0.15, -0.1) is 0 Å². The molecule has 22 heavy (non-hydrogen) atoms. The van der Waals surface area contributed by atoms with Gasteiger partial charge in [-0.1, -0.05) is 0 Å². The van der Waals surface area contributed by atoms with Gasteiger partial charge >= 0.3 is 17.7 Å². The highest BCUT2D eigenvalue weighted by Crippen LogP contribution is 2.25. The number of nitrogens with zero attached hydrogens (tertiary/aromatic N) is 3. The lowest BCUT2D eigenvalue weighted by atomic mass is 10.3. The number of aromatic nitrogens is 3. The van der Waals surface area contributed by atoms with Crippen molar-refractivity contribution in [1.29, 1.82) is 0 Å². The van der Waals surface area contributed by atoms with E-state index in [1.807, 2.05) is 0 Å². The lowest BCUT2D eigenvalue weighted by Gasteiger charge is -2.09. The molecular formula is C13H13N3O6. The topological polar surface area (TPSA) is 107 Å². The Morgan fingerprint density at radius 2 is 1.82 bits per heavy atom. The average molecular weight is 307 g/mol. The van der Waals surface area contributed by atoms with Crippen LogP contribution in [0.2, 0.25) is 0 Å². The molecule has 0 aromatic carbocycles. The number of hydrogen-bond donors (Lipinski definition) is 0. The van der Waals surface area contributed by atoms with Crippen LogP contribution in [0, 0.1) is 5.21 Å². The Morgan fingerprint density at radius 1 is 1.18 bits per heavy atom. The highest BCUT2D eigenvalue weighted by Gasteiger charge is 2.25. The Hall–Kier alpha value is -3.10. The van der Waals surface area contributed by atoms with E-state index in [0.29, 0.717) is 4.73 Å². The first-order valence-corrected chi connectivity index (χ1v) is 6.04. The van der Waals surface area contributed by atoms with Crippen molar-refractivity contribution in [3.8, 4) is 23.5 Å². The first-order valence-electron chi connectivity index (χ1n) is 6.04. The minimum atomic E-state index is -0.847. The van der Waals surface area contributed by atoms with Crippen LogP contribution in [0.1, 0.15) is 10.5 Å². The second kappa shape index (κ2) is 6.57. The highest BCUT2D eigenvalue weighted by molar-refractivity contribution is 5.88. The first kappa shape index (κ1) is 15.3. The van der Waals surface area contributed by atoms with E-state index in [0.717, 1.165) is 13.3 Å². The first-order chi connectivity index (χ1) is 10.6. The Morgan fingerprint density at radius 3 is 2.36 bits per heavy atom. The van der Waals surface area contributed by atoms with Gasteiger partial charge in [0.05, 0.1) is 27.4 Å². The van der Waals surface area contributed by atoms with E-state index in [2.05, 4.69) is 14.7 Å². The zero-order valence-corrected chi connectivity index (χ0v) is 12.1. The van der Waals surface area contributed by atoms with Crippen molar-refractivity contribution in [1.82, 2.24) is 9.97 Å². The van der Waals surface area contributed by atoms with Gasteiger partial charge in [-0.2, -0.15) is 14.7 Å². The number of carbonyl (C=O) groups excluding carboxylic acids is 1. The van der Waals surface area contributed by atoms with Gasteiger partial charge in [0, 0.05) is 6.07 Å². The van der Waals surface area contributed by atoms with Crippen molar-refractivity contribution in [2.75, 3.05) is 21.3 Å². The van der Waals surface area contributed by atoms with Gasteiger partial charge in [0.25, 0.3) is 0 Å². The SMILES string of the molecule is COC(=O)c1c(Oc2nc(OC)cc(OC)n2)ccc[n+]1[O-]. The lowest BCUT2D eigenvalue weighted by Crippen LogP contribution is -2.35. The zero-order chi connectivity index (χ0) is 16.1. The molecule has 0 N–H and O–H groups in total. The normalized spacial score (nSPS) is 9.95. The Bertz CT molecular complexity index is 669. The number of ether oxygens (including phenoxy) is 4. The van der Waals surface area contributed by atoms with E-state index < -0.39 is 5.97 Å². The van der Waals surface area contributed by atoms with Crippen molar-refractivity contribution < 1.29 is 28.5 Å². The third kappa shape index (κ3) is 3.14. The Balaban J connectivity index is 2.43. The number of rotatable bonds is 5. The predicted molar refractivity (Wildman–Crippen MR) is 72.0 cm³/mol. The van der Waals surface area contributed by atoms with Gasteiger partial charge in [0.2, 0.25) is 17.5 Å². The summed E-state index contributed by atoms with van der Waals surface area (Å²) >= 11 is 0. The minimum absolute atomic E-state index is 0.0559. The Kier molecular flexibility index (Phi) is 4.57. The average Bonchev–Trinajstić information content (AvgIpc) is 2.54. The molecule has 0 radical (unpaired) electrons. The molecule has 0 bridgehead atoms. The van der Waals surface area contributed by atoms with Crippen LogP contribution < -0.4 is 18.9 Å². The van der Waals surface area contributed by atoms with Crippen molar-refractivity contribution in [3.63, 3.8) is 0 Å². The summed E-state index contributed by atoms with van der Waals surface area (Å²) in [6, 6.07) is 4.13. The molecule has 2 rings (SSSR count). The third-order valence-electron chi connectivity index (χ3n) is 2.58. The fraction of sp³-hybridized carbons (Fsp3) is 0.231. The second-order valence-corrected chi connectivity index (χ2v) is 3.88. The molecule has 0 aliphatic rings. The van der Waals surface area contributed by atoms with E-state index >= 15 is 0 Å². The summed E-state index contributed by atoms with van der Waals surface area (Å²) in [4.78, 5) is 19.6. The monoisotopic (exact) mass is 307 g/mol. The fourth-order valence-electron chi connectivity index (χ4n) is 1.58. The molecule has 0 saturated heterocycles. The maximum Gasteiger partial charge on any atom is 0.408 e. The molecule has 9 heteroatoms. The molecule has 0 saturated carbocycles. The summed E-state index contributed by atoms with van der Waals surface area (Å²) in [6.45, 7) is 0. The van der Waals surface area contributed by atoms with Gasteiger partial charge in [-0.05, 0) is 6.07 Å². The maximum absolute atomic E-state index is 11.7. The standard InChI is InChI=1S/C13H13N3O6/c1-19-9-7-10(20-2)15-13(14-9)22-8-5-4-6-16(18)11(8)12(17)21-3/h4-7H,1-3H3. The summed E-state index contributed by atoms with van der Waals surface area (Å²) in [5, 5.41) is 11.7. The number of pyridine rings is 1. The fourth-order valence-corrected chi connectivity index (χ4v) is 1.58. The van der Waals surface area contributed by atoms with Crippen molar-refractivity contribution >= 4 is 5.97 Å². The van der Waals surface area contributed by atoms with Crippen LogP contribution in [0.25, 0.3) is 0 Å². The van der Waals surface area contributed by atoms with Crippen molar-refractivity contribution in [3.05, 3.63) is 35.3 Å². The van der Waals surface area contributed by atoms with Crippen LogP contribution in [-0.2, 0) is 4.74 Å². The zero-order valence-electron chi connectivity index (χ0n) is 12.1. The van der Waals surface area contributed by atoms with Crippen LogP contribution in [0.4, 0.5) is 0 Å². The summed E-state index contributed by atoms with van der Waals surface area (Å²) in [7, 11) is 3.99. The van der Waals surface area contributed by atoms with Gasteiger partial charge in [0.1, 0.15) is 0 Å². The van der Waals surface area contributed by atoms with Crippen LogP contribution in [-0.4, -0.2) is 37.3 Å².